The third-order valence-corrected chi connectivity index (χ3v) is 4.14. The van der Waals surface area contributed by atoms with Gasteiger partial charge in [0.1, 0.15) is 24.3 Å². The molecule has 1 N–H and O–H groups in total. The van der Waals surface area contributed by atoms with Crippen molar-refractivity contribution in [1.82, 2.24) is 4.90 Å². The van der Waals surface area contributed by atoms with Crippen LogP contribution in [0.2, 0.25) is 5.02 Å². The molecule has 1 aromatic heterocycles. The first-order valence-corrected chi connectivity index (χ1v) is 8.20. The maximum absolute atomic E-state index is 12.6. The number of nitrogens with zero attached hydrogens (tertiary/aromatic N) is 2. The molecule has 2 heterocycles. The number of hydrogen-bond acceptors (Lipinski definition) is 2. The fourth-order valence-corrected chi connectivity index (χ4v) is 2.92. The van der Waals surface area contributed by atoms with Crippen LogP contribution in [0, 0.1) is 0 Å². The number of pyridine rings is 1. The predicted molar refractivity (Wildman–Crippen MR) is 80.2 cm³/mol. The fourth-order valence-electron chi connectivity index (χ4n) is 2.29. The highest BCUT2D eigenvalue weighted by atomic mass is 79.9. The summed E-state index contributed by atoms with van der Waals surface area (Å²) in [5.74, 6) is 0.515. The van der Waals surface area contributed by atoms with Gasteiger partial charge in [0.2, 0.25) is 5.91 Å². The molecule has 0 unspecified atom stereocenters. The summed E-state index contributed by atoms with van der Waals surface area (Å²) in [6.07, 6.45) is -3.09. The molecule has 0 aromatic carbocycles. The van der Waals surface area contributed by atoms with Gasteiger partial charge in [0.25, 0.3) is 5.82 Å². The molecule has 0 atom stereocenters. The van der Waals surface area contributed by atoms with Gasteiger partial charge < -0.3 is 4.90 Å². The summed E-state index contributed by atoms with van der Waals surface area (Å²) < 4.78 is 37.8. The van der Waals surface area contributed by atoms with E-state index in [1.807, 2.05) is 4.90 Å². The monoisotopic (exact) mass is 400 g/mol. The first-order valence-electron chi connectivity index (χ1n) is 6.70. The van der Waals surface area contributed by atoms with Crippen LogP contribution in [0.15, 0.2) is 12.3 Å². The topological polar surface area (TPSA) is 37.7 Å². The number of piperazine rings is 1. The average Bonchev–Trinajstić information content (AvgIpc) is 2.46. The summed E-state index contributed by atoms with van der Waals surface area (Å²) in [5.41, 5.74) is -0.813. The second kappa shape index (κ2) is 7.04. The molecular weight excluding hydrogens is 387 g/mol. The Labute approximate surface area is 139 Å². The van der Waals surface area contributed by atoms with Gasteiger partial charge in [-0.15, -0.1) is 0 Å². The van der Waals surface area contributed by atoms with Crippen LogP contribution in [-0.2, 0) is 11.0 Å². The standard InChI is InChI=1S/C13H14BrClF3N3O/c14-2-1-11(22)20-3-5-21(6-4-20)12-10(15)7-9(8-19-12)13(16,17)18/h7-8H,1-6H2/p+1. The molecule has 1 fully saturated rings. The summed E-state index contributed by atoms with van der Waals surface area (Å²) in [7, 11) is 0. The number of amides is 1. The van der Waals surface area contributed by atoms with Gasteiger partial charge in [0.15, 0.2) is 0 Å². The summed E-state index contributed by atoms with van der Waals surface area (Å²) in [4.78, 5) is 18.0. The third kappa shape index (κ3) is 4.04. The van der Waals surface area contributed by atoms with Crippen molar-refractivity contribution >= 4 is 39.3 Å². The van der Waals surface area contributed by atoms with Crippen LogP contribution >= 0.6 is 27.5 Å². The number of carbonyl (C=O) groups is 1. The number of aromatic amines is 1. The lowest BCUT2D eigenvalue weighted by atomic mass is 10.2. The van der Waals surface area contributed by atoms with Crippen molar-refractivity contribution < 1.29 is 22.9 Å². The maximum atomic E-state index is 12.6. The van der Waals surface area contributed by atoms with Crippen molar-refractivity contribution in [3.05, 3.63) is 22.8 Å². The molecule has 1 aliphatic heterocycles. The largest absolute Gasteiger partial charge is 0.419 e. The van der Waals surface area contributed by atoms with Gasteiger partial charge in [-0.25, -0.2) is 4.98 Å². The molecule has 4 nitrogen and oxygen atoms in total. The normalized spacial score (nSPS) is 16.0. The van der Waals surface area contributed by atoms with Gasteiger partial charge in [-0.1, -0.05) is 27.5 Å². The number of carbonyl (C=O) groups excluding carboxylic acids is 1. The molecule has 0 saturated carbocycles. The summed E-state index contributed by atoms with van der Waals surface area (Å²) in [5, 5.41) is 0.639. The molecule has 22 heavy (non-hydrogen) atoms. The number of nitrogens with one attached hydrogen (secondary N) is 1. The number of hydrogen-bond donors (Lipinski definition) is 0. The van der Waals surface area contributed by atoms with E-state index in [0.29, 0.717) is 43.7 Å². The number of aromatic nitrogens is 1. The Morgan fingerprint density at radius 2 is 1.95 bits per heavy atom. The summed E-state index contributed by atoms with van der Waals surface area (Å²) in [6, 6.07) is 0.912. The van der Waals surface area contributed by atoms with Gasteiger partial charge in [-0.3, -0.25) is 9.69 Å². The Morgan fingerprint density at radius 3 is 2.45 bits per heavy atom. The zero-order chi connectivity index (χ0) is 16.3. The molecular formula is C13H15BrClF3N3O+. The highest BCUT2D eigenvalue weighted by Crippen LogP contribution is 2.32. The Morgan fingerprint density at radius 1 is 1.32 bits per heavy atom. The Bertz CT molecular complexity index is 548. The molecule has 1 aromatic rings. The smallest absolute Gasteiger partial charge is 0.335 e. The van der Waals surface area contributed by atoms with E-state index in [1.54, 1.807) is 4.90 Å². The van der Waals surface area contributed by atoms with Gasteiger partial charge >= 0.3 is 6.18 Å². The minimum absolute atomic E-state index is 0.0232. The second-order valence-electron chi connectivity index (χ2n) is 4.89. The van der Waals surface area contributed by atoms with E-state index >= 15 is 0 Å². The average molecular weight is 402 g/mol. The lowest BCUT2D eigenvalue weighted by Gasteiger charge is -2.31. The van der Waals surface area contributed by atoms with Gasteiger partial charge in [-0.2, -0.15) is 13.2 Å². The fraction of sp³-hybridized carbons (Fsp3) is 0.538. The SMILES string of the molecule is O=C(CCBr)N1CCN(c2[nH+]cc(C(F)(F)F)cc2Cl)CC1. The van der Waals surface area contributed by atoms with E-state index in [2.05, 4.69) is 20.9 Å². The van der Waals surface area contributed by atoms with Gasteiger partial charge in [-0.05, 0) is 6.07 Å². The Kier molecular flexibility index (Phi) is 5.55. The van der Waals surface area contributed by atoms with Crippen LogP contribution < -0.4 is 9.88 Å². The quantitative estimate of drug-likeness (QED) is 0.730. The lowest BCUT2D eigenvalue weighted by Crippen LogP contribution is -2.50. The number of halogens is 5. The molecule has 0 aliphatic carbocycles. The number of H-pyrrole nitrogens is 1. The van der Waals surface area contributed by atoms with E-state index < -0.39 is 11.7 Å². The molecule has 0 radical (unpaired) electrons. The van der Waals surface area contributed by atoms with Crippen LogP contribution in [0.1, 0.15) is 12.0 Å². The second-order valence-corrected chi connectivity index (χ2v) is 6.09. The van der Waals surface area contributed by atoms with E-state index in [9.17, 15) is 18.0 Å². The highest BCUT2D eigenvalue weighted by molar-refractivity contribution is 9.09. The van der Waals surface area contributed by atoms with Crippen LogP contribution in [-0.4, -0.2) is 42.3 Å². The zero-order valence-electron chi connectivity index (χ0n) is 11.6. The van der Waals surface area contributed by atoms with Crippen molar-refractivity contribution in [3.63, 3.8) is 0 Å². The molecule has 9 heteroatoms. The lowest BCUT2D eigenvalue weighted by molar-refractivity contribution is -0.367. The highest BCUT2D eigenvalue weighted by Gasteiger charge is 2.34. The molecule has 1 amide bonds. The summed E-state index contributed by atoms with van der Waals surface area (Å²) >= 11 is 9.18. The van der Waals surface area contributed by atoms with E-state index in [1.165, 1.54) is 0 Å². The minimum atomic E-state index is -4.43. The van der Waals surface area contributed by atoms with Crippen LogP contribution in [0.5, 0.6) is 0 Å². The summed E-state index contributed by atoms with van der Waals surface area (Å²) in [6.45, 7) is 2.10. The first kappa shape index (κ1) is 17.3. The Hall–Kier alpha value is -1.02. The Balaban J connectivity index is 2.04. The molecule has 0 spiro atoms. The third-order valence-electron chi connectivity index (χ3n) is 3.46. The molecule has 0 bridgehead atoms. The number of alkyl halides is 4. The van der Waals surface area contributed by atoms with Crippen LogP contribution in [0.25, 0.3) is 0 Å². The predicted octanol–water partition coefficient (Wildman–Crippen LogP) is 2.61. The van der Waals surface area contributed by atoms with Crippen molar-refractivity contribution in [3.8, 4) is 0 Å². The first-order chi connectivity index (χ1) is 10.3. The van der Waals surface area contributed by atoms with Crippen molar-refractivity contribution in [1.29, 1.82) is 0 Å². The van der Waals surface area contributed by atoms with Crippen molar-refractivity contribution in [2.75, 3.05) is 36.4 Å². The molecule has 2 rings (SSSR count). The van der Waals surface area contributed by atoms with Crippen molar-refractivity contribution in [2.24, 2.45) is 0 Å². The van der Waals surface area contributed by atoms with E-state index in [-0.39, 0.29) is 10.9 Å². The van der Waals surface area contributed by atoms with Gasteiger partial charge in [0.05, 0.1) is 18.7 Å². The minimum Gasteiger partial charge on any atom is -0.335 e. The zero-order valence-corrected chi connectivity index (χ0v) is 13.9. The van der Waals surface area contributed by atoms with E-state index in [0.717, 1.165) is 12.3 Å². The van der Waals surface area contributed by atoms with Crippen molar-refractivity contribution in [2.45, 2.75) is 12.6 Å². The number of anilines is 1. The van der Waals surface area contributed by atoms with Gasteiger partial charge in [0, 0.05) is 11.8 Å². The molecule has 1 aliphatic rings. The molecule has 122 valence electrons. The number of rotatable bonds is 3. The van der Waals surface area contributed by atoms with E-state index in [4.69, 9.17) is 11.6 Å². The molecule has 1 saturated heterocycles. The van der Waals surface area contributed by atoms with Crippen LogP contribution in [0.3, 0.4) is 0 Å². The van der Waals surface area contributed by atoms with Crippen LogP contribution in [0.4, 0.5) is 19.0 Å². The maximum Gasteiger partial charge on any atom is 0.419 e.